The Bertz CT molecular complexity index is 1140. The Kier molecular flexibility index (Phi) is 5.34. The summed E-state index contributed by atoms with van der Waals surface area (Å²) in [5.74, 6) is 0.577. The second-order valence-electron chi connectivity index (χ2n) is 10.8. The second-order valence-corrected chi connectivity index (χ2v) is 10.8. The summed E-state index contributed by atoms with van der Waals surface area (Å²) in [6.07, 6.45) is 4.21. The largest absolute Gasteiger partial charge is 0.354 e. The molecule has 182 valence electrons. The number of anilines is 1. The van der Waals surface area contributed by atoms with Crippen LogP contribution in [0.25, 0.3) is 5.69 Å². The van der Waals surface area contributed by atoms with Crippen LogP contribution in [0, 0.1) is 5.41 Å². The number of nitrogens with two attached hydrogens (primary N) is 2. The van der Waals surface area contributed by atoms with Crippen LogP contribution in [0.1, 0.15) is 32.3 Å². The molecule has 0 radical (unpaired) electrons. The van der Waals surface area contributed by atoms with E-state index in [2.05, 4.69) is 29.1 Å². The molecule has 1 amide bonds. The summed E-state index contributed by atoms with van der Waals surface area (Å²) in [4.78, 5) is 35.7. The summed E-state index contributed by atoms with van der Waals surface area (Å²) in [6, 6.07) is 9.95. The van der Waals surface area contributed by atoms with E-state index in [1.165, 1.54) is 18.4 Å². The van der Waals surface area contributed by atoms with E-state index >= 15 is 0 Å². The Morgan fingerprint density at radius 1 is 1.12 bits per heavy atom. The van der Waals surface area contributed by atoms with Crippen molar-refractivity contribution in [2.75, 3.05) is 44.7 Å². The molecule has 2 heterocycles. The van der Waals surface area contributed by atoms with E-state index < -0.39 is 5.54 Å². The number of carbonyl (C=O) groups is 1. The van der Waals surface area contributed by atoms with E-state index in [-0.39, 0.29) is 11.6 Å². The molecule has 1 saturated heterocycles. The van der Waals surface area contributed by atoms with Gasteiger partial charge in [-0.15, -0.1) is 0 Å². The van der Waals surface area contributed by atoms with Gasteiger partial charge in [-0.3, -0.25) is 14.3 Å². The van der Waals surface area contributed by atoms with Crippen molar-refractivity contribution in [3.05, 3.63) is 52.6 Å². The lowest BCUT2D eigenvalue weighted by molar-refractivity contribution is -0.136. The first kappa shape index (κ1) is 23.0. The number of fused-ring (bicyclic) bond motifs is 1. The Morgan fingerprint density at radius 2 is 1.76 bits per heavy atom. The van der Waals surface area contributed by atoms with E-state index in [1.54, 1.807) is 29.5 Å². The lowest BCUT2D eigenvalue weighted by Gasteiger charge is -2.37. The van der Waals surface area contributed by atoms with Crippen molar-refractivity contribution in [1.29, 1.82) is 0 Å². The number of nitrogens with zero attached hydrogens (tertiary/aromatic N) is 5. The minimum absolute atomic E-state index is 0.0576. The van der Waals surface area contributed by atoms with Crippen LogP contribution in [0.2, 0.25) is 0 Å². The smallest absolute Gasteiger partial charge is 0.353 e. The quantitative estimate of drug-likeness (QED) is 0.614. The molecular weight excluding hydrogens is 430 g/mol. The van der Waals surface area contributed by atoms with Crippen LogP contribution in [0.15, 0.2) is 41.3 Å². The minimum Gasteiger partial charge on any atom is -0.353 e. The number of aromatic nitrogens is 2. The maximum Gasteiger partial charge on any atom is 0.354 e. The van der Waals surface area contributed by atoms with Gasteiger partial charge in [0.2, 0.25) is 5.91 Å². The number of hydrogen-bond acceptors (Lipinski definition) is 7. The molecule has 0 atom stereocenters. The van der Waals surface area contributed by atoms with E-state index in [4.69, 9.17) is 11.5 Å². The molecule has 9 heteroatoms. The van der Waals surface area contributed by atoms with Crippen LogP contribution in [-0.2, 0) is 11.3 Å². The molecule has 4 N–H and O–H groups in total. The molecule has 0 unspecified atom stereocenters. The van der Waals surface area contributed by atoms with Crippen molar-refractivity contribution in [2.24, 2.45) is 16.9 Å². The molecule has 34 heavy (non-hydrogen) atoms. The lowest BCUT2D eigenvalue weighted by Crippen LogP contribution is -2.57. The van der Waals surface area contributed by atoms with Gasteiger partial charge in [0.15, 0.2) is 0 Å². The fourth-order valence-electron chi connectivity index (χ4n) is 5.49. The highest BCUT2D eigenvalue weighted by molar-refractivity contribution is 5.85. The van der Waals surface area contributed by atoms with Crippen molar-refractivity contribution in [1.82, 2.24) is 19.4 Å². The van der Waals surface area contributed by atoms with Gasteiger partial charge in [0.1, 0.15) is 5.82 Å². The van der Waals surface area contributed by atoms with Gasteiger partial charge in [0.05, 0.1) is 11.2 Å². The molecule has 2 aromatic rings. The lowest BCUT2D eigenvalue weighted by atomic mass is 10.0. The number of carbonyl (C=O) groups excluding carboxylic acids is 1. The highest BCUT2D eigenvalue weighted by Crippen LogP contribution is 2.80. The van der Waals surface area contributed by atoms with Gasteiger partial charge in [0, 0.05) is 49.9 Å². The fourth-order valence-corrected chi connectivity index (χ4v) is 5.49. The molecular formula is C25H35N7O2. The molecule has 0 bridgehead atoms. The number of rotatable bonds is 7. The first-order chi connectivity index (χ1) is 16.1. The topological polar surface area (TPSA) is 114 Å². The molecule has 5 rings (SSSR count). The van der Waals surface area contributed by atoms with E-state index in [9.17, 15) is 9.59 Å². The molecule has 3 fully saturated rings. The SMILES string of the molecule is CN(Cc1ccc(-n2ccc(N3CCN(C(=O)C(C)(C)N)CC3)nc2=O)cc1)C12CC1(CN)C2. The van der Waals surface area contributed by atoms with Crippen molar-refractivity contribution >= 4 is 11.7 Å². The van der Waals surface area contributed by atoms with Crippen LogP contribution >= 0.6 is 0 Å². The second kappa shape index (κ2) is 7.90. The predicted molar refractivity (Wildman–Crippen MR) is 132 cm³/mol. The standard InChI is InChI=1S/C25H35N7O2/c1-23(2,27)21(33)31-12-10-30(11-13-31)20-8-9-32(22(34)28-20)19-6-4-18(5-7-19)14-29(3)25-15-24(25,16-25)17-26/h4-9H,10-17,26-27H2,1-3H3. The molecule has 1 aliphatic heterocycles. The summed E-state index contributed by atoms with van der Waals surface area (Å²) < 4.78 is 1.56. The van der Waals surface area contributed by atoms with Crippen molar-refractivity contribution in [2.45, 2.75) is 44.3 Å². The zero-order chi connectivity index (χ0) is 24.3. The molecule has 2 aliphatic carbocycles. The highest BCUT2D eigenvalue weighted by atomic mass is 16.2. The average Bonchev–Trinajstić information content (AvgIpc) is 3.66. The minimum atomic E-state index is -0.879. The summed E-state index contributed by atoms with van der Waals surface area (Å²) in [6.45, 7) is 7.47. The number of amides is 1. The molecule has 2 saturated carbocycles. The van der Waals surface area contributed by atoms with Crippen LogP contribution < -0.4 is 22.1 Å². The first-order valence-electron chi connectivity index (χ1n) is 12.0. The van der Waals surface area contributed by atoms with Gasteiger partial charge in [0.25, 0.3) is 0 Å². The molecule has 9 nitrogen and oxygen atoms in total. The summed E-state index contributed by atoms with van der Waals surface area (Å²) in [5.41, 5.74) is 13.4. The molecule has 1 aromatic carbocycles. The number of benzene rings is 1. The number of hydrogen-bond donors (Lipinski definition) is 2. The normalized spacial score (nSPS) is 25.9. The maximum absolute atomic E-state index is 12.8. The average molecular weight is 466 g/mol. The maximum atomic E-state index is 12.8. The Balaban J connectivity index is 1.21. The zero-order valence-corrected chi connectivity index (χ0v) is 20.3. The molecule has 0 spiro atoms. The van der Waals surface area contributed by atoms with Crippen molar-refractivity contribution < 1.29 is 4.79 Å². The van der Waals surface area contributed by atoms with Gasteiger partial charge in [-0.1, -0.05) is 12.1 Å². The van der Waals surface area contributed by atoms with Gasteiger partial charge in [-0.25, -0.2) is 4.79 Å². The third-order valence-electron chi connectivity index (χ3n) is 7.99. The van der Waals surface area contributed by atoms with Gasteiger partial charge >= 0.3 is 5.69 Å². The van der Waals surface area contributed by atoms with Gasteiger partial charge < -0.3 is 21.3 Å². The summed E-state index contributed by atoms with van der Waals surface area (Å²) in [7, 11) is 2.18. The molecule has 1 aromatic heterocycles. The van der Waals surface area contributed by atoms with Gasteiger partial charge in [-0.2, -0.15) is 4.98 Å². The third-order valence-corrected chi connectivity index (χ3v) is 7.99. The summed E-state index contributed by atoms with van der Waals surface area (Å²) >= 11 is 0. The Hall–Kier alpha value is -2.75. The van der Waals surface area contributed by atoms with E-state index in [0.29, 0.717) is 43.0 Å². The van der Waals surface area contributed by atoms with Crippen molar-refractivity contribution in [3.8, 4) is 5.69 Å². The predicted octanol–water partition coefficient (Wildman–Crippen LogP) is 0.542. The first-order valence-corrected chi connectivity index (χ1v) is 12.0. The van der Waals surface area contributed by atoms with Crippen LogP contribution in [0.4, 0.5) is 5.82 Å². The summed E-state index contributed by atoms with van der Waals surface area (Å²) in [5, 5.41) is 0. The highest BCUT2D eigenvalue weighted by Gasteiger charge is 2.83. The third kappa shape index (κ3) is 3.81. The monoisotopic (exact) mass is 465 g/mol. The fraction of sp³-hybridized carbons (Fsp3) is 0.560. The Morgan fingerprint density at radius 3 is 2.29 bits per heavy atom. The van der Waals surface area contributed by atoms with E-state index in [0.717, 1.165) is 18.8 Å². The van der Waals surface area contributed by atoms with Crippen LogP contribution in [0.3, 0.4) is 0 Å². The van der Waals surface area contributed by atoms with E-state index in [1.807, 2.05) is 23.1 Å². The Labute approximate surface area is 200 Å². The van der Waals surface area contributed by atoms with Crippen LogP contribution in [0.5, 0.6) is 0 Å². The van der Waals surface area contributed by atoms with Crippen LogP contribution in [-0.4, -0.2) is 76.1 Å². The van der Waals surface area contributed by atoms with Crippen molar-refractivity contribution in [3.63, 3.8) is 0 Å². The molecule has 3 aliphatic rings. The number of piperazine rings is 1. The zero-order valence-electron chi connectivity index (χ0n) is 20.3. The van der Waals surface area contributed by atoms with Gasteiger partial charge in [-0.05, 0) is 64.0 Å².